The van der Waals surface area contributed by atoms with Crippen molar-refractivity contribution in [3.05, 3.63) is 83.9 Å². The van der Waals surface area contributed by atoms with E-state index < -0.39 is 22.5 Å². The van der Waals surface area contributed by atoms with E-state index in [4.69, 9.17) is 4.74 Å². The summed E-state index contributed by atoms with van der Waals surface area (Å²) in [5.41, 5.74) is 1.89. The fourth-order valence-corrected chi connectivity index (χ4v) is 5.88. The molecule has 4 rings (SSSR count). The van der Waals surface area contributed by atoms with E-state index in [9.17, 15) is 18.0 Å². The van der Waals surface area contributed by atoms with Crippen molar-refractivity contribution in [3.63, 3.8) is 0 Å². The van der Waals surface area contributed by atoms with Gasteiger partial charge in [-0.2, -0.15) is 0 Å². The van der Waals surface area contributed by atoms with Crippen molar-refractivity contribution in [1.82, 2.24) is 4.90 Å². The first-order valence-electron chi connectivity index (χ1n) is 12.8. The van der Waals surface area contributed by atoms with Gasteiger partial charge in [0.25, 0.3) is 15.9 Å². The zero-order valence-corrected chi connectivity index (χ0v) is 22.5. The highest BCUT2D eigenvalue weighted by Crippen LogP contribution is 2.33. The molecule has 8 nitrogen and oxygen atoms in total. The maximum absolute atomic E-state index is 13.8. The lowest BCUT2D eigenvalue weighted by atomic mass is 10.1. The van der Waals surface area contributed by atoms with Crippen LogP contribution in [0.5, 0.6) is 5.75 Å². The number of piperidine rings is 1. The highest BCUT2D eigenvalue weighted by atomic mass is 32.2. The highest BCUT2D eigenvalue weighted by Gasteiger charge is 2.30. The van der Waals surface area contributed by atoms with Gasteiger partial charge in [0.2, 0.25) is 5.91 Å². The number of amides is 2. The number of aryl methyl sites for hydroxylation is 1. The molecule has 1 aliphatic rings. The van der Waals surface area contributed by atoms with Crippen molar-refractivity contribution in [2.24, 2.45) is 0 Å². The minimum absolute atomic E-state index is 0.0582. The average Bonchev–Trinajstić information content (AvgIpc) is 2.93. The van der Waals surface area contributed by atoms with Crippen molar-refractivity contribution in [3.8, 4) is 5.75 Å². The Kier molecular flexibility index (Phi) is 8.68. The molecule has 2 amide bonds. The molecule has 3 aromatic carbocycles. The number of sulfonamides is 1. The molecule has 1 fully saturated rings. The molecule has 0 atom stereocenters. The van der Waals surface area contributed by atoms with Crippen LogP contribution in [-0.2, 0) is 14.8 Å². The van der Waals surface area contributed by atoms with Crippen LogP contribution in [0.2, 0.25) is 0 Å². The molecule has 0 spiro atoms. The van der Waals surface area contributed by atoms with Gasteiger partial charge in [-0.25, -0.2) is 8.42 Å². The minimum atomic E-state index is -4.13. The molecule has 0 saturated carbocycles. The van der Waals surface area contributed by atoms with Crippen LogP contribution in [-0.4, -0.2) is 51.4 Å². The Morgan fingerprint density at radius 1 is 0.921 bits per heavy atom. The number of hydrogen-bond acceptors (Lipinski definition) is 5. The molecule has 0 unspecified atom stereocenters. The normalized spacial score (nSPS) is 13.6. The maximum atomic E-state index is 13.8. The topological polar surface area (TPSA) is 96.0 Å². The predicted octanol–water partition coefficient (Wildman–Crippen LogP) is 4.85. The quantitative estimate of drug-likeness (QED) is 0.422. The smallest absolute Gasteiger partial charge is 0.264 e. The third kappa shape index (κ3) is 6.16. The van der Waals surface area contributed by atoms with Gasteiger partial charge >= 0.3 is 0 Å². The van der Waals surface area contributed by atoms with Crippen LogP contribution in [0.3, 0.4) is 0 Å². The van der Waals surface area contributed by atoms with E-state index in [1.807, 2.05) is 6.92 Å². The maximum Gasteiger partial charge on any atom is 0.264 e. The van der Waals surface area contributed by atoms with E-state index >= 15 is 0 Å². The van der Waals surface area contributed by atoms with Crippen molar-refractivity contribution in [1.29, 1.82) is 0 Å². The third-order valence-corrected chi connectivity index (χ3v) is 8.18. The second-order valence-corrected chi connectivity index (χ2v) is 11.0. The Balaban J connectivity index is 1.65. The van der Waals surface area contributed by atoms with E-state index in [1.54, 1.807) is 72.5 Å². The Labute approximate surface area is 224 Å². The number of benzene rings is 3. The zero-order chi connectivity index (χ0) is 27.1. The monoisotopic (exact) mass is 535 g/mol. The molecular formula is C29H33N3O5S. The second-order valence-electron chi connectivity index (χ2n) is 9.17. The molecule has 1 aliphatic heterocycles. The summed E-state index contributed by atoms with van der Waals surface area (Å²) in [5.74, 6) is -0.378. The van der Waals surface area contributed by atoms with Crippen molar-refractivity contribution >= 4 is 33.2 Å². The van der Waals surface area contributed by atoms with Gasteiger partial charge in [0.05, 0.1) is 28.4 Å². The van der Waals surface area contributed by atoms with Crippen LogP contribution in [0.1, 0.15) is 42.1 Å². The van der Waals surface area contributed by atoms with Crippen molar-refractivity contribution < 1.29 is 22.7 Å². The SMILES string of the molecule is CCOc1ccccc1N(CC(=O)Nc1ccccc1C(=O)N1CCCCC1)S(=O)(=O)c1ccc(C)cc1. The molecule has 9 heteroatoms. The molecule has 3 aromatic rings. The van der Waals surface area contributed by atoms with Crippen LogP contribution in [0, 0.1) is 6.92 Å². The first-order valence-corrected chi connectivity index (χ1v) is 14.2. The first-order chi connectivity index (χ1) is 18.3. The Morgan fingerprint density at radius 2 is 1.58 bits per heavy atom. The van der Waals surface area contributed by atoms with Crippen molar-refractivity contribution in [2.45, 2.75) is 38.0 Å². The number of para-hydroxylation sites is 3. The second kappa shape index (κ2) is 12.1. The lowest BCUT2D eigenvalue weighted by Gasteiger charge is -2.28. The molecule has 0 radical (unpaired) electrons. The van der Waals surface area contributed by atoms with E-state index in [0.717, 1.165) is 29.1 Å². The van der Waals surface area contributed by atoms with Crippen LogP contribution < -0.4 is 14.4 Å². The van der Waals surface area contributed by atoms with Gasteiger partial charge in [0.1, 0.15) is 12.3 Å². The molecule has 1 N–H and O–H groups in total. The molecule has 0 aliphatic carbocycles. The van der Waals surface area contributed by atoms with Gasteiger partial charge in [-0.1, -0.05) is 42.0 Å². The number of anilines is 2. The number of nitrogens with zero attached hydrogens (tertiary/aromatic N) is 2. The lowest BCUT2D eigenvalue weighted by Crippen LogP contribution is -2.39. The predicted molar refractivity (Wildman–Crippen MR) is 148 cm³/mol. The van der Waals surface area contributed by atoms with Gasteiger partial charge in [-0.3, -0.25) is 13.9 Å². The molecular weight excluding hydrogens is 502 g/mol. The highest BCUT2D eigenvalue weighted by molar-refractivity contribution is 7.92. The van der Waals surface area contributed by atoms with Crippen LogP contribution in [0.4, 0.5) is 11.4 Å². The Morgan fingerprint density at radius 3 is 2.29 bits per heavy atom. The molecule has 200 valence electrons. The number of ether oxygens (including phenoxy) is 1. The van der Waals surface area contributed by atoms with Gasteiger partial charge in [-0.15, -0.1) is 0 Å². The fraction of sp³-hybridized carbons (Fsp3) is 0.310. The molecule has 1 heterocycles. The van der Waals surface area contributed by atoms with Crippen LogP contribution >= 0.6 is 0 Å². The Hall–Kier alpha value is -3.85. The minimum Gasteiger partial charge on any atom is -0.492 e. The van der Waals surface area contributed by atoms with E-state index in [0.29, 0.717) is 36.7 Å². The molecule has 0 bridgehead atoms. The van der Waals surface area contributed by atoms with Crippen molar-refractivity contribution in [2.75, 3.05) is 35.9 Å². The number of nitrogens with one attached hydrogen (secondary N) is 1. The van der Waals surface area contributed by atoms with E-state index in [-0.39, 0.29) is 16.5 Å². The molecule has 0 aromatic heterocycles. The van der Waals surface area contributed by atoms with E-state index in [1.165, 1.54) is 12.1 Å². The number of carbonyl (C=O) groups excluding carboxylic acids is 2. The lowest BCUT2D eigenvalue weighted by molar-refractivity contribution is -0.114. The number of rotatable bonds is 9. The Bertz CT molecular complexity index is 1380. The van der Waals surface area contributed by atoms with Gasteiger partial charge in [0, 0.05) is 13.1 Å². The zero-order valence-electron chi connectivity index (χ0n) is 21.7. The summed E-state index contributed by atoms with van der Waals surface area (Å²) in [6.45, 7) is 4.85. The fourth-order valence-electron chi connectivity index (χ4n) is 4.44. The van der Waals surface area contributed by atoms with Gasteiger partial charge in [0.15, 0.2) is 0 Å². The molecule has 38 heavy (non-hydrogen) atoms. The summed E-state index contributed by atoms with van der Waals surface area (Å²) in [6, 6.07) is 20.0. The third-order valence-electron chi connectivity index (χ3n) is 6.40. The van der Waals surface area contributed by atoms with Crippen LogP contribution in [0.15, 0.2) is 77.7 Å². The number of likely N-dealkylation sites (tertiary alicyclic amines) is 1. The van der Waals surface area contributed by atoms with E-state index in [2.05, 4.69) is 5.32 Å². The summed E-state index contributed by atoms with van der Waals surface area (Å²) < 4.78 is 34.3. The van der Waals surface area contributed by atoms with Crippen LogP contribution in [0.25, 0.3) is 0 Å². The first kappa shape index (κ1) is 27.2. The largest absolute Gasteiger partial charge is 0.492 e. The summed E-state index contributed by atoms with van der Waals surface area (Å²) in [7, 11) is -4.13. The summed E-state index contributed by atoms with van der Waals surface area (Å²) >= 11 is 0. The average molecular weight is 536 g/mol. The summed E-state index contributed by atoms with van der Waals surface area (Å²) in [4.78, 5) is 28.4. The molecule has 1 saturated heterocycles. The standard InChI is InChI=1S/C29H33N3O5S/c1-3-37-27-14-8-7-13-26(27)32(38(35,36)23-17-15-22(2)16-18-23)21-28(33)30-25-12-6-5-11-24(25)29(34)31-19-9-4-10-20-31/h5-8,11-18H,3-4,9-10,19-21H2,1-2H3,(H,30,33). The summed E-state index contributed by atoms with van der Waals surface area (Å²) in [5, 5.41) is 2.78. The van der Waals surface area contributed by atoms with Gasteiger partial charge < -0.3 is 15.0 Å². The van der Waals surface area contributed by atoms with Gasteiger partial charge in [-0.05, 0) is 69.5 Å². The summed E-state index contributed by atoms with van der Waals surface area (Å²) in [6.07, 6.45) is 2.99. The number of hydrogen-bond donors (Lipinski definition) is 1. The number of carbonyl (C=O) groups is 2.